The maximum Gasteiger partial charge on any atom is 0.0526 e. The summed E-state index contributed by atoms with van der Waals surface area (Å²) in [5.74, 6) is 7.61. The average Bonchev–Trinajstić information content (AvgIpc) is 1.91. The highest BCUT2D eigenvalue weighted by atomic mass is 14.3. The second-order valence-electron chi connectivity index (χ2n) is 2.64. The van der Waals surface area contributed by atoms with Crippen LogP contribution in [0.5, 0.6) is 0 Å². The van der Waals surface area contributed by atoms with Crippen molar-refractivity contribution < 1.29 is 0 Å². The van der Waals surface area contributed by atoms with Crippen LogP contribution in [-0.2, 0) is 0 Å². The van der Waals surface area contributed by atoms with Gasteiger partial charge in [0.25, 0.3) is 0 Å². The van der Waals surface area contributed by atoms with E-state index in [0.717, 1.165) is 5.92 Å². The first-order valence-electron chi connectivity index (χ1n) is 3.04. The van der Waals surface area contributed by atoms with Crippen LogP contribution in [0.1, 0.15) is 13.3 Å². The summed E-state index contributed by atoms with van der Waals surface area (Å²) in [6.45, 7) is 2.18. The van der Waals surface area contributed by atoms with E-state index in [-0.39, 0.29) is 0 Å². The normalized spacial score (nSPS) is 38.9. The molecule has 0 nitrogen and oxygen atoms in total. The van der Waals surface area contributed by atoms with Gasteiger partial charge in [0.15, 0.2) is 0 Å². The fourth-order valence-electron chi connectivity index (χ4n) is 1.35. The molecule has 40 valence electrons. The van der Waals surface area contributed by atoms with E-state index in [1.807, 2.05) is 0 Å². The summed E-state index contributed by atoms with van der Waals surface area (Å²) in [6.07, 6.45) is 3.53. The molecular formula is C8H8. The van der Waals surface area contributed by atoms with Crippen LogP contribution in [0.15, 0.2) is 11.6 Å². The monoisotopic (exact) mass is 104 g/mol. The summed E-state index contributed by atoms with van der Waals surface area (Å²) in [4.78, 5) is 0. The zero-order valence-electron chi connectivity index (χ0n) is 4.94. The van der Waals surface area contributed by atoms with Gasteiger partial charge in [0, 0.05) is 5.92 Å². The zero-order valence-corrected chi connectivity index (χ0v) is 4.94. The molecule has 0 aromatic rings. The summed E-state index contributed by atoms with van der Waals surface area (Å²) in [7, 11) is 0. The number of hydrogen-bond donors (Lipinski definition) is 0. The molecule has 0 saturated carbocycles. The number of fused-ring (bicyclic) bond motifs is 1. The van der Waals surface area contributed by atoms with Crippen LogP contribution in [0.3, 0.4) is 0 Å². The van der Waals surface area contributed by atoms with E-state index >= 15 is 0 Å². The predicted octanol–water partition coefficient (Wildman–Crippen LogP) is 1.59. The van der Waals surface area contributed by atoms with Crippen molar-refractivity contribution >= 4 is 0 Å². The molecule has 2 aliphatic carbocycles. The van der Waals surface area contributed by atoms with Gasteiger partial charge in [-0.25, -0.2) is 0 Å². The Hall–Kier alpha value is -0.700. The Morgan fingerprint density at radius 1 is 1.62 bits per heavy atom. The largest absolute Gasteiger partial charge is 0.0973 e. The van der Waals surface area contributed by atoms with Gasteiger partial charge in [-0.3, -0.25) is 0 Å². The predicted molar refractivity (Wildman–Crippen MR) is 33.1 cm³/mol. The Bertz CT molecular complexity index is 200. The molecule has 2 rings (SSSR count). The molecule has 0 aromatic heterocycles. The third kappa shape index (κ3) is 0.369. The maximum absolute atomic E-state index is 3.14. The molecule has 8 heavy (non-hydrogen) atoms. The zero-order chi connectivity index (χ0) is 5.56. The Labute approximate surface area is 49.6 Å². The molecule has 0 heterocycles. The van der Waals surface area contributed by atoms with Crippen LogP contribution in [0, 0.1) is 23.7 Å². The summed E-state index contributed by atoms with van der Waals surface area (Å²) in [5, 5.41) is 0. The molecule has 0 N–H and O–H groups in total. The van der Waals surface area contributed by atoms with Gasteiger partial charge in [-0.1, -0.05) is 23.5 Å². The molecule has 0 radical (unpaired) electrons. The smallest absolute Gasteiger partial charge is 0.0526 e. The molecule has 2 atom stereocenters. The van der Waals surface area contributed by atoms with E-state index in [0.29, 0.717) is 5.92 Å². The van der Waals surface area contributed by atoms with Crippen molar-refractivity contribution in [3.8, 4) is 11.8 Å². The first-order valence-corrected chi connectivity index (χ1v) is 3.04. The van der Waals surface area contributed by atoms with E-state index < -0.39 is 0 Å². The van der Waals surface area contributed by atoms with Crippen LogP contribution >= 0.6 is 0 Å². The lowest BCUT2D eigenvalue weighted by atomic mass is 9.89. The third-order valence-electron chi connectivity index (χ3n) is 1.87. The van der Waals surface area contributed by atoms with Gasteiger partial charge < -0.3 is 0 Å². The van der Waals surface area contributed by atoms with Gasteiger partial charge in [-0.15, -0.1) is 0 Å². The van der Waals surface area contributed by atoms with Crippen molar-refractivity contribution in [3.63, 3.8) is 0 Å². The van der Waals surface area contributed by atoms with Gasteiger partial charge >= 0.3 is 0 Å². The van der Waals surface area contributed by atoms with Crippen molar-refractivity contribution in [3.05, 3.63) is 11.6 Å². The molecule has 0 aliphatic heterocycles. The Kier molecular flexibility index (Phi) is 0.615. The minimum Gasteiger partial charge on any atom is -0.0973 e. The first-order chi connectivity index (χ1) is 3.86. The highest BCUT2D eigenvalue weighted by molar-refractivity contribution is 5.35. The summed E-state index contributed by atoms with van der Waals surface area (Å²) in [5.41, 5.74) is 1.51. The van der Waals surface area contributed by atoms with Gasteiger partial charge in [-0.2, -0.15) is 0 Å². The topological polar surface area (TPSA) is 0 Å². The van der Waals surface area contributed by atoms with E-state index in [9.17, 15) is 0 Å². The molecule has 0 fully saturated rings. The SMILES string of the molecule is CC1=CC2C#CC2C1. The summed E-state index contributed by atoms with van der Waals surface area (Å²) in [6, 6.07) is 0. The molecule has 0 spiro atoms. The molecule has 0 amide bonds. The van der Waals surface area contributed by atoms with Gasteiger partial charge in [0.2, 0.25) is 0 Å². The number of hydrogen-bond acceptors (Lipinski definition) is 0. The quantitative estimate of drug-likeness (QED) is 0.323. The molecule has 0 saturated heterocycles. The standard InChI is InChI=1S/C8H8/c1-6-4-7-2-3-8(7)5-6/h4,7-8H,5H2,1H3. The molecule has 2 aliphatic rings. The second kappa shape index (κ2) is 1.17. The van der Waals surface area contributed by atoms with Crippen molar-refractivity contribution in [1.29, 1.82) is 0 Å². The van der Waals surface area contributed by atoms with E-state index in [2.05, 4.69) is 24.8 Å². The minimum atomic E-state index is 0.648. The van der Waals surface area contributed by atoms with Gasteiger partial charge in [-0.05, 0) is 13.3 Å². The van der Waals surface area contributed by atoms with Crippen LogP contribution in [0.2, 0.25) is 0 Å². The Morgan fingerprint density at radius 3 is 2.75 bits per heavy atom. The third-order valence-corrected chi connectivity index (χ3v) is 1.87. The average molecular weight is 104 g/mol. The van der Waals surface area contributed by atoms with E-state index in [1.54, 1.807) is 0 Å². The van der Waals surface area contributed by atoms with Crippen LogP contribution in [0.4, 0.5) is 0 Å². The van der Waals surface area contributed by atoms with Crippen molar-refractivity contribution in [2.75, 3.05) is 0 Å². The fraction of sp³-hybridized carbons (Fsp3) is 0.500. The first kappa shape index (κ1) is 4.21. The van der Waals surface area contributed by atoms with Gasteiger partial charge in [0.1, 0.15) is 0 Å². The lowest BCUT2D eigenvalue weighted by Crippen LogP contribution is -2.10. The highest BCUT2D eigenvalue weighted by Gasteiger charge is 2.27. The number of allylic oxidation sites excluding steroid dienone is 2. The van der Waals surface area contributed by atoms with Crippen LogP contribution in [-0.4, -0.2) is 0 Å². The van der Waals surface area contributed by atoms with E-state index in [1.165, 1.54) is 12.0 Å². The summed E-state index contributed by atoms with van der Waals surface area (Å²) < 4.78 is 0. The number of rotatable bonds is 0. The lowest BCUT2D eigenvalue weighted by Gasteiger charge is -2.13. The second-order valence-corrected chi connectivity index (χ2v) is 2.64. The molecule has 0 aromatic carbocycles. The van der Waals surface area contributed by atoms with E-state index in [4.69, 9.17) is 0 Å². The van der Waals surface area contributed by atoms with Crippen molar-refractivity contribution in [2.45, 2.75) is 13.3 Å². The molecule has 0 bridgehead atoms. The fourth-order valence-corrected chi connectivity index (χ4v) is 1.35. The maximum atomic E-state index is 3.14. The summed E-state index contributed by atoms with van der Waals surface area (Å²) >= 11 is 0. The molecule has 2 unspecified atom stereocenters. The van der Waals surface area contributed by atoms with Crippen LogP contribution < -0.4 is 0 Å². The van der Waals surface area contributed by atoms with Crippen molar-refractivity contribution in [2.24, 2.45) is 11.8 Å². The highest BCUT2D eigenvalue weighted by Crippen LogP contribution is 2.33. The molecule has 0 heteroatoms. The Balaban J connectivity index is 2.29. The van der Waals surface area contributed by atoms with Gasteiger partial charge in [0.05, 0.1) is 5.92 Å². The van der Waals surface area contributed by atoms with Crippen LogP contribution in [0.25, 0.3) is 0 Å². The molecular weight excluding hydrogens is 96.1 g/mol. The lowest BCUT2D eigenvalue weighted by molar-refractivity contribution is 0.597. The van der Waals surface area contributed by atoms with Crippen molar-refractivity contribution in [1.82, 2.24) is 0 Å². The Morgan fingerprint density at radius 2 is 2.50 bits per heavy atom. The minimum absolute atomic E-state index is 0.648.